The summed E-state index contributed by atoms with van der Waals surface area (Å²) in [6.07, 6.45) is 0. The number of amides is 2. The van der Waals surface area contributed by atoms with E-state index in [9.17, 15) is 9.59 Å². The number of carbonyl (C=O) groups excluding carboxylic acids is 2. The molecule has 1 aromatic rings. The summed E-state index contributed by atoms with van der Waals surface area (Å²) >= 11 is 6.02. The highest BCUT2D eigenvalue weighted by atomic mass is 35.5. The topological polar surface area (TPSA) is 66.6 Å². The van der Waals surface area contributed by atoms with E-state index in [-0.39, 0.29) is 12.1 Å². The van der Waals surface area contributed by atoms with Crippen molar-refractivity contribution in [2.24, 2.45) is 5.73 Å². The first-order chi connectivity index (χ1) is 9.95. The van der Waals surface area contributed by atoms with Gasteiger partial charge >= 0.3 is 11.8 Å². The minimum Gasteiger partial charge on any atom is -0.333 e. The molecule has 114 valence electrons. The van der Waals surface area contributed by atoms with Crippen LogP contribution in [0.1, 0.15) is 25.5 Å². The third-order valence-electron chi connectivity index (χ3n) is 3.75. The van der Waals surface area contributed by atoms with E-state index in [2.05, 4.69) is 0 Å². The van der Waals surface area contributed by atoms with E-state index < -0.39 is 11.8 Å². The summed E-state index contributed by atoms with van der Waals surface area (Å²) < 4.78 is 0. The molecule has 0 aliphatic carbocycles. The van der Waals surface area contributed by atoms with Gasteiger partial charge in [0.25, 0.3) is 0 Å². The highest BCUT2D eigenvalue weighted by Crippen LogP contribution is 2.27. The molecule has 1 heterocycles. The van der Waals surface area contributed by atoms with E-state index in [1.165, 1.54) is 0 Å². The van der Waals surface area contributed by atoms with Crippen LogP contribution >= 0.6 is 11.6 Å². The Morgan fingerprint density at radius 1 is 1.29 bits per heavy atom. The molecule has 0 saturated carbocycles. The lowest BCUT2D eigenvalue weighted by molar-refractivity contribution is -0.158. The monoisotopic (exact) mass is 309 g/mol. The molecule has 1 aromatic carbocycles. The van der Waals surface area contributed by atoms with E-state index in [1.807, 2.05) is 26.0 Å². The van der Waals surface area contributed by atoms with Crippen LogP contribution in [-0.4, -0.2) is 47.3 Å². The number of hydrogen-bond donors (Lipinski definition) is 1. The molecule has 2 amide bonds. The highest BCUT2D eigenvalue weighted by Gasteiger charge is 2.37. The van der Waals surface area contributed by atoms with Crippen LogP contribution in [0.2, 0.25) is 5.02 Å². The number of nitrogens with two attached hydrogens (primary N) is 1. The number of hydrogen-bond acceptors (Lipinski definition) is 3. The first-order valence-electron chi connectivity index (χ1n) is 7.06. The number of nitrogens with zero attached hydrogens (tertiary/aromatic N) is 2. The van der Waals surface area contributed by atoms with Crippen molar-refractivity contribution in [1.82, 2.24) is 9.80 Å². The Balaban J connectivity index is 2.31. The molecular weight excluding hydrogens is 290 g/mol. The van der Waals surface area contributed by atoms with Gasteiger partial charge in [-0.15, -0.1) is 0 Å². The first-order valence-corrected chi connectivity index (χ1v) is 7.44. The van der Waals surface area contributed by atoms with Gasteiger partial charge < -0.3 is 15.5 Å². The van der Waals surface area contributed by atoms with Crippen LogP contribution in [0, 0.1) is 0 Å². The van der Waals surface area contributed by atoms with Crippen molar-refractivity contribution < 1.29 is 9.59 Å². The number of carbonyl (C=O) groups is 2. The predicted octanol–water partition coefficient (Wildman–Crippen LogP) is 1.42. The van der Waals surface area contributed by atoms with Crippen molar-refractivity contribution in [3.05, 3.63) is 34.9 Å². The van der Waals surface area contributed by atoms with Gasteiger partial charge in [0.15, 0.2) is 0 Å². The van der Waals surface area contributed by atoms with Gasteiger partial charge in [0.05, 0.1) is 6.04 Å². The normalized spacial score (nSPS) is 18.9. The lowest BCUT2D eigenvalue weighted by atomic mass is 9.98. The van der Waals surface area contributed by atoms with Crippen LogP contribution in [0.25, 0.3) is 0 Å². The average Bonchev–Trinajstić information content (AvgIpc) is 2.44. The van der Waals surface area contributed by atoms with Crippen LogP contribution in [-0.2, 0) is 9.59 Å². The maximum Gasteiger partial charge on any atom is 0.312 e. The van der Waals surface area contributed by atoms with Crippen LogP contribution in [0.3, 0.4) is 0 Å². The Morgan fingerprint density at radius 2 is 2.00 bits per heavy atom. The molecule has 21 heavy (non-hydrogen) atoms. The summed E-state index contributed by atoms with van der Waals surface area (Å²) in [5.74, 6) is -0.957. The highest BCUT2D eigenvalue weighted by molar-refractivity contribution is 6.35. The number of likely N-dealkylation sites (N-methyl/N-ethyl adjacent to an activating group) is 1. The molecular formula is C15H20ClN3O2. The second kappa shape index (κ2) is 6.45. The fourth-order valence-corrected chi connectivity index (χ4v) is 2.91. The third kappa shape index (κ3) is 3.19. The molecule has 5 nitrogen and oxygen atoms in total. The van der Waals surface area contributed by atoms with Crippen molar-refractivity contribution in [2.75, 3.05) is 19.6 Å². The predicted molar refractivity (Wildman–Crippen MR) is 81.8 cm³/mol. The van der Waals surface area contributed by atoms with Crippen molar-refractivity contribution in [1.29, 1.82) is 0 Å². The summed E-state index contributed by atoms with van der Waals surface area (Å²) in [6, 6.07) is 6.61. The Morgan fingerprint density at radius 3 is 2.57 bits per heavy atom. The van der Waals surface area contributed by atoms with Crippen molar-refractivity contribution >= 4 is 23.4 Å². The van der Waals surface area contributed by atoms with Gasteiger partial charge in [-0.1, -0.05) is 23.7 Å². The Hall–Kier alpha value is -1.59. The first kappa shape index (κ1) is 15.8. The van der Waals surface area contributed by atoms with Gasteiger partial charge in [0, 0.05) is 30.7 Å². The molecule has 2 N–H and O–H groups in total. The van der Waals surface area contributed by atoms with Gasteiger partial charge in [-0.25, -0.2) is 0 Å². The minimum atomic E-state index is -0.495. The number of halogens is 1. The lowest BCUT2D eigenvalue weighted by Crippen LogP contribution is -2.57. The Kier molecular flexibility index (Phi) is 4.85. The van der Waals surface area contributed by atoms with Crippen molar-refractivity contribution in [2.45, 2.75) is 25.9 Å². The van der Waals surface area contributed by atoms with Crippen molar-refractivity contribution in [3.63, 3.8) is 0 Å². The van der Waals surface area contributed by atoms with Gasteiger partial charge in [0.2, 0.25) is 0 Å². The van der Waals surface area contributed by atoms with Crippen molar-refractivity contribution in [3.8, 4) is 0 Å². The maximum atomic E-state index is 12.3. The van der Waals surface area contributed by atoms with Crippen LogP contribution in [0.5, 0.6) is 0 Å². The molecule has 0 spiro atoms. The van der Waals surface area contributed by atoms with Crippen LogP contribution in [0.15, 0.2) is 24.3 Å². The molecule has 2 rings (SSSR count). The van der Waals surface area contributed by atoms with E-state index >= 15 is 0 Å². The summed E-state index contributed by atoms with van der Waals surface area (Å²) in [7, 11) is 0. The average molecular weight is 310 g/mol. The van der Waals surface area contributed by atoms with Crippen LogP contribution in [0.4, 0.5) is 0 Å². The fourth-order valence-electron chi connectivity index (χ4n) is 2.71. The molecule has 0 radical (unpaired) electrons. The van der Waals surface area contributed by atoms with Gasteiger partial charge in [0.1, 0.15) is 0 Å². The minimum absolute atomic E-state index is 0.298. The maximum absolute atomic E-state index is 12.3. The number of piperazine rings is 1. The summed E-state index contributed by atoms with van der Waals surface area (Å²) in [5.41, 5.74) is 6.91. The molecule has 1 fully saturated rings. The molecule has 0 aromatic heterocycles. The summed E-state index contributed by atoms with van der Waals surface area (Å²) in [4.78, 5) is 27.5. The largest absolute Gasteiger partial charge is 0.333 e. The molecule has 2 unspecified atom stereocenters. The van der Waals surface area contributed by atoms with Gasteiger partial charge in [-0.2, -0.15) is 0 Å². The van der Waals surface area contributed by atoms with Gasteiger partial charge in [-0.3, -0.25) is 9.59 Å². The summed E-state index contributed by atoms with van der Waals surface area (Å²) in [5, 5.41) is 0.587. The molecule has 6 heteroatoms. The zero-order valence-corrected chi connectivity index (χ0v) is 13.0. The lowest BCUT2D eigenvalue weighted by Gasteiger charge is -2.39. The number of rotatable bonds is 4. The zero-order valence-electron chi connectivity index (χ0n) is 12.3. The van der Waals surface area contributed by atoms with E-state index in [0.717, 1.165) is 5.56 Å². The second-order valence-corrected chi connectivity index (χ2v) is 5.68. The Labute approximate surface area is 129 Å². The van der Waals surface area contributed by atoms with Gasteiger partial charge in [-0.05, 0) is 31.5 Å². The van der Waals surface area contributed by atoms with Crippen LogP contribution < -0.4 is 5.73 Å². The molecule has 1 aliphatic rings. The third-order valence-corrected chi connectivity index (χ3v) is 3.98. The quantitative estimate of drug-likeness (QED) is 0.855. The molecule has 1 saturated heterocycles. The zero-order chi connectivity index (χ0) is 15.6. The fraction of sp³-hybridized carbons (Fsp3) is 0.467. The summed E-state index contributed by atoms with van der Waals surface area (Å²) in [6.45, 7) is 5.25. The molecule has 0 bridgehead atoms. The smallest absolute Gasteiger partial charge is 0.312 e. The standard InChI is InChI=1S/C15H20ClN3O2/c1-3-18-7-8-19(15(21)14(18)20)13(10(2)17)11-5-4-6-12(16)9-11/h4-6,9-10,13H,3,7-8,17H2,1-2H3. The molecule has 1 aliphatic heterocycles. The van der Waals surface area contributed by atoms with E-state index in [1.54, 1.807) is 21.9 Å². The SMILES string of the molecule is CCN1CCN(C(c2cccc(Cl)c2)C(C)N)C(=O)C1=O. The Bertz CT molecular complexity index is 547. The van der Waals surface area contributed by atoms with E-state index in [4.69, 9.17) is 17.3 Å². The van der Waals surface area contributed by atoms with E-state index in [0.29, 0.717) is 24.7 Å². The number of benzene rings is 1. The second-order valence-electron chi connectivity index (χ2n) is 5.24. The molecule has 2 atom stereocenters.